The second kappa shape index (κ2) is 8.40. The van der Waals surface area contributed by atoms with Crippen LogP contribution in [-0.2, 0) is 20.7 Å². The van der Waals surface area contributed by atoms with Crippen LogP contribution in [0.25, 0.3) is 0 Å². The van der Waals surface area contributed by atoms with Gasteiger partial charge in [0.2, 0.25) is 5.91 Å². The minimum absolute atomic E-state index is 0.167. The maximum atomic E-state index is 11.9. The summed E-state index contributed by atoms with van der Waals surface area (Å²) in [6.07, 6.45) is 2.97. The molecule has 1 aromatic rings. The molecule has 112 valence electrons. The van der Waals surface area contributed by atoms with Crippen LogP contribution in [0.2, 0.25) is 0 Å². The van der Waals surface area contributed by atoms with Gasteiger partial charge in [0.15, 0.2) is 0 Å². The first-order valence-corrected chi connectivity index (χ1v) is 7.01. The van der Waals surface area contributed by atoms with E-state index in [9.17, 15) is 9.59 Å². The molecule has 20 heavy (non-hydrogen) atoms. The summed E-state index contributed by atoms with van der Waals surface area (Å²) in [6, 6.07) is 3.04. The third-order valence-corrected chi connectivity index (χ3v) is 2.79. The van der Waals surface area contributed by atoms with Crippen molar-refractivity contribution in [2.45, 2.75) is 46.1 Å². The van der Waals surface area contributed by atoms with Gasteiger partial charge in [0.25, 0.3) is 0 Å². The number of hydrogen-bond donors (Lipinski definition) is 1. The normalized spacial score (nSPS) is 12.2. The lowest BCUT2D eigenvalue weighted by Crippen LogP contribution is -2.42. The largest absolute Gasteiger partial charge is 0.469 e. The molecule has 0 saturated carbocycles. The molecule has 0 saturated heterocycles. The average molecular weight is 281 g/mol. The van der Waals surface area contributed by atoms with Crippen molar-refractivity contribution in [3.8, 4) is 0 Å². The summed E-state index contributed by atoms with van der Waals surface area (Å²) in [5.74, 6) is 0.527. The SMILES string of the molecule is CCOC(=O)[C@H](CC(C)C)NC(=O)CCc1ccco1. The van der Waals surface area contributed by atoms with Crippen LogP contribution >= 0.6 is 0 Å². The number of nitrogens with one attached hydrogen (secondary N) is 1. The second-order valence-corrected chi connectivity index (χ2v) is 5.08. The van der Waals surface area contributed by atoms with E-state index in [1.807, 2.05) is 19.9 Å². The zero-order valence-corrected chi connectivity index (χ0v) is 12.3. The molecule has 0 aliphatic rings. The van der Waals surface area contributed by atoms with Gasteiger partial charge in [0.05, 0.1) is 12.9 Å². The van der Waals surface area contributed by atoms with Crippen LogP contribution in [-0.4, -0.2) is 24.5 Å². The lowest BCUT2D eigenvalue weighted by atomic mass is 10.0. The van der Waals surface area contributed by atoms with Gasteiger partial charge in [-0.2, -0.15) is 0 Å². The van der Waals surface area contributed by atoms with Crippen LogP contribution in [0.1, 0.15) is 39.4 Å². The van der Waals surface area contributed by atoms with Crippen molar-refractivity contribution in [2.24, 2.45) is 5.92 Å². The first-order valence-electron chi connectivity index (χ1n) is 7.01. The fourth-order valence-corrected chi connectivity index (χ4v) is 1.89. The lowest BCUT2D eigenvalue weighted by Gasteiger charge is -2.18. The van der Waals surface area contributed by atoms with Crippen LogP contribution < -0.4 is 5.32 Å². The van der Waals surface area contributed by atoms with Gasteiger partial charge >= 0.3 is 5.97 Å². The van der Waals surface area contributed by atoms with E-state index < -0.39 is 6.04 Å². The Labute approximate surface area is 119 Å². The summed E-state index contributed by atoms with van der Waals surface area (Å²) in [5.41, 5.74) is 0. The molecule has 5 heteroatoms. The molecule has 1 aromatic heterocycles. The van der Waals surface area contributed by atoms with E-state index in [0.717, 1.165) is 5.76 Å². The second-order valence-electron chi connectivity index (χ2n) is 5.08. The predicted molar refractivity (Wildman–Crippen MR) is 75.0 cm³/mol. The number of ether oxygens (including phenoxy) is 1. The van der Waals surface area contributed by atoms with Crippen LogP contribution in [0, 0.1) is 5.92 Å². The Morgan fingerprint density at radius 1 is 1.40 bits per heavy atom. The van der Waals surface area contributed by atoms with Gasteiger partial charge in [0.1, 0.15) is 11.8 Å². The summed E-state index contributed by atoms with van der Waals surface area (Å²) in [5, 5.41) is 2.74. The van der Waals surface area contributed by atoms with Gasteiger partial charge in [-0.1, -0.05) is 13.8 Å². The minimum atomic E-state index is -0.570. The van der Waals surface area contributed by atoms with Gasteiger partial charge in [-0.25, -0.2) is 4.79 Å². The molecule has 1 amide bonds. The highest BCUT2D eigenvalue weighted by Gasteiger charge is 2.22. The molecule has 1 heterocycles. The molecule has 1 rings (SSSR count). The molecule has 0 aromatic carbocycles. The van der Waals surface area contributed by atoms with E-state index >= 15 is 0 Å². The summed E-state index contributed by atoms with van der Waals surface area (Å²) >= 11 is 0. The Morgan fingerprint density at radius 2 is 2.15 bits per heavy atom. The quantitative estimate of drug-likeness (QED) is 0.742. The zero-order valence-electron chi connectivity index (χ0n) is 12.3. The Bertz CT molecular complexity index is 412. The van der Waals surface area contributed by atoms with Crippen molar-refractivity contribution in [3.05, 3.63) is 24.2 Å². The van der Waals surface area contributed by atoms with E-state index in [-0.39, 0.29) is 11.9 Å². The van der Waals surface area contributed by atoms with Crippen molar-refractivity contribution in [3.63, 3.8) is 0 Å². The van der Waals surface area contributed by atoms with E-state index in [0.29, 0.717) is 31.8 Å². The number of carbonyl (C=O) groups excluding carboxylic acids is 2. The van der Waals surface area contributed by atoms with E-state index in [1.54, 1.807) is 19.3 Å². The highest BCUT2D eigenvalue weighted by atomic mass is 16.5. The van der Waals surface area contributed by atoms with Crippen LogP contribution in [0.3, 0.4) is 0 Å². The van der Waals surface area contributed by atoms with Crippen molar-refractivity contribution in [1.82, 2.24) is 5.32 Å². The first kappa shape index (κ1) is 16.3. The zero-order chi connectivity index (χ0) is 15.0. The predicted octanol–water partition coefficient (Wildman–Crippen LogP) is 2.31. The molecule has 1 N–H and O–H groups in total. The lowest BCUT2D eigenvalue weighted by molar-refractivity contribution is -0.147. The number of esters is 1. The van der Waals surface area contributed by atoms with Gasteiger partial charge in [-0.15, -0.1) is 0 Å². The number of aryl methyl sites for hydroxylation is 1. The first-order chi connectivity index (χ1) is 9.52. The minimum Gasteiger partial charge on any atom is -0.469 e. The van der Waals surface area contributed by atoms with Gasteiger partial charge in [0, 0.05) is 12.8 Å². The Kier molecular flexibility index (Phi) is 6.84. The molecule has 0 spiro atoms. The van der Waals surface area contributed by atoms with Gasteiger partial charge in [-0.3, -0.25) is 4.79 Å². The van der Waals surface area contributed by atoms with Gasteiger partial charge < -0.3 is 14.5 Å². The molecule has 0 aliphatic heterocycles. The van der Waals surface area contributed by atoms with Crippen LogP contribution in [0.5, 0.6) is 0 Å². The summed E-state index contributed by atoms with van der Waals surface area (Å²) < 4.78 is 10.2. The third kappa shape index (κ3) is 5.91. The number of carbonyl (C=O) groups is 2. The van der Waals surface area contributed by atoms with Crippen molar-refractivity contribution < 1.29 is 18.7 Å². The summed E-state index contributed by atoms with van der Waals surface area (Å²) in [7, 11) is 0. The summed E-state index contributed by atoms with van der Waals surface area (Å²) in [4.78, 5) is 23.7. The highest BCUT2D eigenvalue weighted by molar-refractivity contribution is 5.84. The molecule has 0 bridgehead atoms. The van der Waals surface area contributed by atoms with E-state index in [1.165, 1.54) is 0 Å². The molecule has 0 aliphatic carbocycles. The number of furan rings is 1. The van der Waals surface area contributed by atoms with Crippen molar-refractivity contribution in [2.75, 3.05) is 6.61 Å². The number of rotatable bonds is 8. The Morgan fingerprint density at radius 3 is 2.70 bits per heavy atom. The van der Waals surface area contributed by atoms with E-state index in [4.69, 9.17) is 9.15 Å². The summed E-state index contributed by atoms with van der Waals surface area (Å²) in [6.45, 7) is 6.07. The van der Waals surface area contributed by atoms with Gasteiger partial charge in [-0.05, 0) is 31.4 Å². The molecule has 0 radical (unpaired) electrons. The van der Waals surface area contributed by atoms with Crippen molar-refractivity contribution in [1.29, 1.82) is 0 Å². The number of hydrogen-bond acceptors (Lipinski definition) is 4. The van der Waals surface area contributed by atoms with E-state index in [2.05, 4.69) is 5.32 Å². The fraction of sp³-hybridized carbons (Fsp3) is 0.600. The standard InChI is InChI=1S/C15H23NO4/c1-4-19-15(18)13(10-11(2)3)16-14(17)8-7-12-6-5-9-20-12/h5-6,9,11,13H,4,7-8,10H2,1-3H3,(H,16,17)/t13-/m0/s1. The molecule has 5 nitrogen and oxygen atoms in total. The molecule has 0 unspecified atom stereocenters. The fourth-order valence-electron chi connectivity index (χ4n) is 1.89. The Hall–Kier alpha value is -1.78. The molecular weight excluding hydrogens is 258 g/mol. The maximum absolute atomic E-state index is 11.9. The topological polar surface area (TPSA) is 68.5 Å². The highest BCUT2D eigenvalue weighted by Crippen LogP contribution is 2.08. The van der Waals surface area contributed by atoms with Crippen LogP contribution in [0.15, 0.2) is 22.8 Å². The monoisotopic (exact) mass is 281 g/mol. The third-order valence-electron chi connectivity index (χ3n) is 2.79. The molecule has 0 fully saturated rings. The molecule has 1 atom stereocenters. The number of amides is 1. The average Bonchev–Trinajstić information content (AvgIpc) is 2.88. The maximum Gasteiger partial charge on any atom is 0.328 e. The molecular formula is C15H23NO4. The van der Waals surface area contributed by atoms with Crippen LogP contribution in [0.4, 0.5) is 0 Å². The smallest absolute Gasteiger partial charge is 0.328 e. The van der Waals surface area contributed by atoms with Crippen molar-refractivity contribution >= 4 is 11.9 Å². The Balaban J connectivity index is 2.46.